The summed E-state index contributed by atoms with van der Waals surface area (Å²) in [7, 11) is 0. The lowest BCUT2D eigenvalue weighted by Gasteiger charge is -2.21. The zero-order valence-corrected chi connectivity index (χ0v) is 19.8. The zero-order chi connectivity index (χ0) is 22.7. The molecule has 0 aliphatic carbocycles. The molecule has 0 saturated heterocycles. The Morgan fingerprint density at radius 1 is 0.968 bits per heavy atom. The molecule has 0 unspecified atom stereocenters. The average molecular weight is 423 g/mol. The van der Waals surface area contributed by atoms with E-state index in [0.29, 0.717) is 12.4 Å². The third-order valence-corrected chi connectivity index (χ3v) is 5.80. The van der Waals surface area contributed by atoms with Gasteiger partial charge in [0.05, 0.1) is 34.4 Å². The number of aromatic nitrogens is 3. The molecule has 0 aromatic carbocycles. The summed E-state index contributed by atoms with van der Waals surface area (Å²) in [4.78, 5) is 14.4. The molecule has 0 spiro atoms. The topological polar surface area (TPSA) is 87.1 Å². The maximum atomic E-state index is 6.26. The van der Waals surface area contributed by atoms with Gasteiger partial charge in [-0.25, -0.2) is 9.97 Å². The molecule has 3 rings (SSSR count). The molecule has 31 heavy (non-hydrogen) atoms. The van der Waals surface area contributed by atoms with Crippen molar-refractivity contribution in [2.24, 2.45) is 5.73 Å². The van der Waals surface area contributed by atoms with Crippen molar-refractivity contribution in [1.82, 2.24) is 15.0 Å². The van der Waals surface area contributed by atoms with Crippen LogP contribution in [0.15, 0.2) is 16.7 Å². The molecule has 6 nitrogen and oxygen atoms in total. The Balaban J connectivity index is 2.22. The molecule has 2 N–H and O–H groups in total. The van der Waals surface area contributed by atoms with Crippen LogP contribution in [0.2, 0.25) is 0 Å². The van der Waals surface area contributed by atoms with Gasteiger partial charge in [-0.3, -0.25) is 4.98 Å². The van der Waals surface area contributed by atoms with Gasteiger partial charge in [-0.1, -0.05) is 20.8 Å². The molecule has 6 heteroatoms. The van der Waals surface area contributed by atoms with Gasteiger partial charge in [-0.15, -0.1) is 0 Å². The van der Waals surface area contributed by atoms with E-state index in [0.717, 1.165) is 75.7 Å². The summed E-state index contributed by atoms with van der Waals surface area (Å²) in [5, 5.41) is 0. The van der Waals surface area contributed by atoms with Crippen molar-refractivity contribution in [1.29, 1.82) is 0 Å². The van der Waals surface area contributed by atoms with Gasteiger partial charge in [0.15, 0.2) is 0 Å². The van der Waals surface area contributed by atoms with Crippen molar-refractivity contribution in [3.05, 3.63) is 46.2 Å². The Morgan fingerprint density at radius 3 is 2.19 bits per heavy atom. The third kappa shape index (κ3) is 4.49. The summed E-state index contributed by atoms with van der Waals surface area (Å²) in [6.07, 6.45) is 4.55. The van der Waals surface area contributed by atoms with Gasteiger partial charge in [0, 0.05) is 17.8 Å². The van der Waals surface area contributed by atoms with Crippen molar-refractivity contribution >= 4 is 0 Å². The maximum Gasteiger partial charge on any atom is 0.228 e. The van der Waals surface area contributed by atoms with Crippen LogP contribution >= 0.6 is 0 Å². The minimum atomic E-state index is 0.159. The summed E-state index contributed by atoms with van der Waals surface area (Å²) >= 11 is 0. The lowest BCUT2D eigenvalue weighted by molar-refractivity contribution is 0.190. The summed E-state index contributed by atoms with van der Waals surface area (Å²) in [6.45, 7) is 14.7. The number of nitrogens with zero attached hydrogens (tertiary/aromatic N) is 3. The van der Waals surface area contributed by atoms with Crippen LogP contribution in [-0.4, -0.2) is 21.1 Å². The number of hydrogen-bond acceptors (Lipinski definition) is 6. The van der Waals surface area contributed by atoms with Crippen molar-refractivity contribution < 1.29 is 9.15 Å². The van der Waals surface area contributed by atoms with Gasteiger partial charge in [-0.05, 0) is 64.2 Å². The van der Waals surface area contributed by atoms with E-state index in [9.17, 15) is 0 Å². The molecule has 3 heterocycles. The molecule has 0 radical (unpaired) electrons. The zero-order valence-electron chi connectivity index (χ0n) is 19.8. The van der Waals surface area contributed by atoms with E-state index in [1.165, 1.54) is 0 Å². The third-order valence-electron chi connectivity index (χ3n) is 5.80. The molecule has 0 aliphatic heterocycles. The fraction of sp³-hybridized carbons (Fsp3) is 0.480. The number of pyridine rings is 2. The first-order valence-corrected chi connectivity index (χ1v) is 11.1. The standard InChI is InChI=1S/C25H34N4O2/c1-8-18-11-21(31-19(9-2)10-3)20(12-26)29-24(18)22-15(5)23(17(7)28-16(22)6)25-27-14(4)13-30-25/h11,13,19H,8-10,12,26H2,1-7H3. The van der Waals surface area contributed by atoms with Crippen molar-refractivity contribution in [3.63, 3.8) is 0 Å². The van der Waals surface area contributed by atoms with E-state index in [4.69, 9.17) is 24.9 Å². The molecule has 3 aromatic heterocycles. The number of nitrogens with two attached hydrogens (primary N) is 1. The van der Waals surface area contributed by atoms with Crippen LogP contribution in [-0.2, 0) is 13.0 Å². The Labute approximate surface area is 185 Å². The van der Waals surface area contributed by atoms with Gasteiger partial charge in [-0.2, -0.15) is 0 Å². The highest BCUT2D eigenvalue weighted by molar-refractivity contribution is 5.78. The van der Waals surface area contributed by atoms with E-state index in [1.807, 2.05) is 20.8 Å². The van der Waals surface area contributed by atoms with Crippen LogP contribution in [0.4, 0.5) is 0 Å². The summed E-state index contributed by atoms with van der Waals surface area (Å²) in [6, 6.07) is 2.11. The fourth-order valence-electron chi connectivity index (χ4n) is 4.10. The number of aryl methyl sites for hydroxylation is 4. The molecule has 0 aliphatic rings. The van der Waals surface area contributed by atoms with E-state index in [1.54, 1.807) is 6.26 Å². The quantitative estimate of drug-likeness (QED) is 0.507. The largest absolute Gasteiger partial charge is 0.488 e. The van der Waals surface area contributed by atoms with Crippen LogP contribution in [0.1, 0.15) is 67.5 Å². The van der Waals surface area contributed by atoms with Crippen molar-refractivity contribution in [2.45, 2.75) is 80.4 Å². The van der Waals surface area contributed by atoms with E-state index in [2.05, 4.69) is 38.7 Å². The minimum absolute atomic E-state index is 0.159. The normalized spacial score (nSPS) is 11.4. The first-order valence-electron chi connectivity index (χ1n) is 11.1. The van der Waals surface area contributed by atoms with Crippen LogP contribution in [0.5, 0.6) is 5.75 Å². The van der Waals surface area contributed by atoms with Crippen molar-refractivity contribution in [3.8, 4) is 28.5 Å². The van der Waals surface area contributed by atoms with Crippen molar-refractivity contribution in [2.75, 3.05) is 0 Å². The van der Waals surface area contributed by atoms with E-state index >= 15 is 0 Å². The smallest absolute Gasteiger partial charge is 0.228 e. The average Bonchev–Trinajstić information content (AvgIpc) is 3.17. The number of oxazole rings is 1. The molecular weight excluding hydrogens is 388 g/mol. The molecular formula is C25H34N4O2. The Bertz CT molecular complexity index is 1070. The van der Waals surface area contributed by atoms with Crippen LogP contribution < -0.4 is 10.5 Å². The van der Waals surface area contributed by atoms with Gasteiger partial charge in [0.25, 0.3) is 0 Å². The van der Waals surface area contributed by atoms with Gasteiger partial charge >= 0.3 is 0 Å². The molecule has 0 saturated carbocycles. The predicted octanol–water partition coefficient (Wildman–Crippen LogP) is 5.62. The Hall–Kier alpha value is -2.73. The van der Waals surface area contributed by atoms with Gasteiger partial charge in [0.2, 0.25) is 5.89 Å². The SMILES string of the molecule is CCc1cc(OC(CC)CC)c(CN)nc1-c1c(C)nc(C)c(-c2nc(C)co2)c1C. The number of rotatable bonds is 8. The Morgan fingerprint density at radius 2 is 1.65 bits per heavy atom. The highest BCUT2D eigenvalue weighted by Crippen LogP contribution is 2.37. The molecule has 3 aromatic rings. The summed E-state index contributed by atoms with van der Waals surface area (Å²) in [5.41, 5.74) is 14.5. The van der Waals surface area contributed by atoms with E-state index < -0.39 is 0 Å². The first-order chi connectivity index (χ1) is 14.8. The minimum Gasteiger partial charge on any atom is -0.488 e. The second-order valence-electron chi connectivity index (χ2n) is 8.01. The summed E-state index contributed by atoms with van der Waals surface area (Å²) in [5.74, 6) is 1.38. The van der Waals surface area contributed by atoms with Crippen LogP contribution in [0.3, 0.4) is 0 Å². The molecule has 166 valence electrons. The maximum absolute atomic E-state index is 6.26. The number of ether oxygens (including phenoxy) is 1. The Kier molecular flexibility index (Phi) is 7.11. The monoisotopic (exact) mass is 422 g/mol. The predicted molar refractivity (Wildman–Crippen MR) is 124 cm³/mol. The second-order valence-corrected chi connectivity index (χ2v) is 8.01. The van der Waals surface area contributed by atoms with Gasteiger partial charge < -0.3 is 14.9 Å². The molecule has 0 fully saturated rings. The molecule has 0 atom stereocenters. The highest BCUT2D eigenvalue weighted by atomic mass is 16.5. The second kappa shape index (κ2) is 9.60. The molecule has 0 bridgehead atoms. The highest BCUT2D eigenvalue weighted by Gasteiger charge is 2.23. The van der Waals surface area contributed by atoms with Crippen LogP contribution in [0, 0.1) is 27.7 Å². The first kappa shape index (κ1) is 22.9. The summed E-state index contributed by atoms with van der Waals surface area (Å²) < 4.78 is 12.0. The number of hydrogen-bond donors (Lipinski definition) is 1. The molecule has 0 amide bonds. The van der Waals surface area contributed by atoms with E-state index in [-0.39, 0.29) is 6.10 Å². The lowest BCUT2D eigenvalue weighted by Crippen LogP contribution is -2.17. The lowest BCUT2D eigenvalue weighted by atomic mass is 9.93. The van der Waals surface area contributed by atoms with Gasteiger partial charge in [0.1, 0.15) is 12.0 Å². The fourth-order valence-corrected chi connectivity index (χ4v) is 4.10. The van der Waals surface area contributed by atoms with Crippen LogP contribution in [0.25, 0.3) is 22.7 Å².